The molecule has 0 atom stereocenters. The summed E-state index contributed by atoms with van der Waals surface area (Å²) in [7, 11) is -4.03. The van der Waals surface area contributed by atoms with Crippen LogP contribution in [0, 0.1) is 0 Å². The van der Waals surface area contributed by atoms with E-state index in [0.717, 1.165) is 0 Å². The van der Waals surface area contributed by atoms with Gasteiger partial charge in [-0.3, -0.25) is 10.1 Å². The van der Waals surface area contributed by atoms with Crippen molar-refractivity contribution in [3.05, 3.63) is 30.3 Å². The first-order valence-corrected chi connectivity index (χ1v) is 6.68. The van der Waals surface area contributed by atoms with Crippen LogP contribution in [0.2, 0.25) is 0 Å². The third-order valence-corrected chi connectivity index (χ3v) is 4.72. The standard InChI is InChI=1S/C11H12N2O4S/c1-11(2)9(14)12-10(15)13(11)18(16,17)8-6-4-3-5-7-8/h3-7H,1-2H3,(H,12,14,15). The van der Waals surface area contributed by atoms with Crippen LogP contribution in [0.25, 0.3) is 0 Å². The Balaban J connectivity index is 2.56. The first kappa shape index (κ1) is 12.6. The molecule has 6 nitrogen and oxygen atoms in total. The Morgan fingerprint density at radius 3 is 2.11 bits per heavy atom. The monoisotopic (exact) mass is 268 g/mol. The summed E-state index contributed by atoms with van der Waals surface area (Å²) in [6, 6.07) is 6.60. The quantitative estimate of drug-likeness (QED) is 0.800. The molecule has 2 rings (SSSR count). The summed E-state index contributed by atoms with van der Waals surface area (Å²) in [4.78, 5) is 23.2. The smallest absolute Gasteiger partial charge is 0.275 e. The largest absolute Gasteiger partial charge is 0.339 e. The van der Waals surface area contributed by atoms with Crippen LogP contribution in [-0.4, -0.2) is 30.2 Å². The molecule has 0 radical (unpaired) electrons. The number of rotatable bonds is 2. The van der Waals surface area contributed by atoms with E-state index in [1.165, 1.54) is 26.0 Å². The highest BCUT2D eigenvalue weighted by Crippen LogP contribution is 2.28. The molecule has 1 heterocycles. The molecule has 1 aliphatic heterocycles. The molecule has 0 bridgehead atoms. The number of hydrogen-bond acceptors (Lipinski definition) is 4. The Kier molecular flexibility index (Phi) is 2.66. The van der Waals surface area contributed by atoms with Crippen LogP contribution in [0.15, 0.2) is 35.2 Å². The lowest BCUT2D eigenvalue weighted by Crippen LogP contribution is -2.47. The normalized spacial score (nSPS) is 18.9. The van der Waals surface area contributed by atoms with E-state index in [2.05, 4.69) is 0 Å². The Morgan fingerprint density at radius 1 is 1.11 bits per heavy atom. The van der Waals surface area contributed by atoms with Crippen molar-refractivity contribution in [3.8, 4) is 0 Å². The first-order chi connectivity index (χ1) is 8.28. The number of nitrogens with one attached hydrogen (secondary N) is 1. The van der Waals surface area contributed by atoms with Gasteiger partial charge in [0.25, 0.3) is 15.9 Å². The van der Waals surface area contributed by atoms with Crippen molar-refractivity contribution in [1.29, 1.82) is 0 Å². The van der Waals surface area contributed by atoms with Crippen LogP contribution >= 0.6 is 0 Å². The van der Waals surface area contributed by atoms with Gasteiger partial charge in [-0.25, -0.2) is 17.5 Å². The summed E-state index contributed by atoms with van der Waals surface area (Å²) in [5.41, 5.74) is -1.42. The van der Waals surface area contributed by atoms with Crippen LogP contribution in [0.3, 0.4) is 0 Å². The van der Waals surface area contributed by atoms with E-state index in [-0.39, 0.29) is 4.90 Å². The lowest BCUT2D eigenvalue weighted by Gasteiger charge is -2.26. The number of amides is 3. The summed E-state index contributed by atoms with van der Waals surface area (Å²) in [6.45, 7) is 2.77. The Morgan fingerprint density at radius 2 is 1.67 bits per heavy atom. The van der Waals surface area contributed by atoms with E-state index >= 15 is 0 Å². The lowest BCUT2D eigenvalue weighted by molar-refractivity contribution is -0.124. The molecule has 1 fully saturated rings. The predicted octanol–water partition coefficient (Wildman–Crippen LogP) is 0.706. The van der Waals surface area contributed by atoms with Crippen molar-refractivity contribution in [2.75, 3.05) is 0 Å². The van der Waals surface area contributed by atoms with Crippen LogP contribution in [0.1, 0.15) is 13.8 Å². The molecule has 0 spiro atoms. The van der Waals surface area contributed by atoms with Crippen molar-refractivity contribution in [2.24, 2.45) is 0 Å². The number of hydrogen-bond donors (Lipinski definition) is 1. The summed E-state index contributed by atoms with van der Waals surface area (Å²) in [5, 5.41) is 2.00. The Hall–Kier alpha value is -1.89. The minimum atomic E-state index is -4.03. The summed E-state index contributed by atoms with van der Waals surface area (Å²) >= 11 is 0. The van der Waals surface area contributed by atoms with Crippen LogP contribution in [0.5, 0.6) is 0 Å². The van der Waals surface area contributed by atoms with Crippen LogP contribution in [-0.2, 0) is 14.8 Å². The van der Waals surface area contributed by atoms with Crippen molar-refractivity contribution in [1.82, 2.24) is 9.62 Å². The molecule has 1 aromatic carbocycles. The number of imide groups is 1. The number of benzene rings is 1. The molecule has 1 saturated heterocycles. The van der Waals surface area contributed by atoms with E-state index in [1.54, 1.807) is 18.2 Å². The average molecular weight is 268 g/mol. The number of urea groups is 1. The number of carbonyl (C=O) groups is 2. The highest BCUT2D eigenvalue weighted by atomic mass is 32.2. The van der Waals surface area contributed by atoms with Gasteiger partial charge in [0.05, 0.1) is 4.90 Å². The van der Waals surface area contributed by atoms with Gasteiger partial charge in [-0.15, -0.1) is 0 Å². The minimum absolute atomic E-state index is 0.0251. The van der Waals surface area contributed by atoms with Gasteiger partial charge in [0.15, 0.2) is 0 Å². The lowest BCUT2D eigenvalue weighted by atomic mass is 10.1. The second-order valence-electron chi connectivity index (χ2n) is 4.40. The van der Waals surface area contributed by atoms with Gasteiger partial charge in [-0.2, -0.15) is 0 Å². The molecule has 18 heavy (non-hydrogen) atoms. The molecule has 1 aromatic rings. The minimum Gasteiger partial charge on any atom is -0.275 e. The molecule has 7 heteroatoms. The average Bonchev–Trinajstić information content (AvgIpc) is 2.49. The molecule has 96 valence electrons. The maximum atomic E-state index is 12.3. The molecule has 0 saturated carbocycles. The highest BCUT2D eigenvalue weighted by molar-refractivity contribution is 7.89. The van der Waals surface area contributed by atoms with Crippen molar-refractivity contribution in [3.63, 3.8) is 0 Å². The molecular formula is C11H12N2O4S. The molecule has 0 unspecified atom stereocenters. The maximum absolute atomic E-state index is 12.3. The van der Waals surface area contributed by atoms with Gasteiger partial charge >= 0.3 is 6.03 Å². The highest BCUT2D eigenvalue weighted by Gasteiger charge is 2.52. The molecule has 1 N–H and O–H groups in total. The summed E-state index contributed by atoms with van der Waals surface area (Å²) < 4.78 is 25.2. The fourth-order valence-corrected chi connectivity index (χ4v) is 3.41. The van der Waals surface area contributed by atoms with Gasteiger partial charge in [-0.1, -0.05) is 18.2 Å². The fourth-order valence-electron chi connectivity index (χ4n) is 1.75. The zero-order valence-electron chi connectivity index (χ0n) is 9.88. The van der Waals surface area contributed by atoms with E-state index in [1.807, 2.05) is 5.32 Å². The number of carbonyl (C=O) groups excluding carboxylic acids is 2. The summed E-state index contributed by atoms with van der Waals surface area (Å²) in [6.07, 6.45) is 0. The zero-order valence-corrected chi connectivity index (χ0v) is 10.7. The predicted molar refractivity (Wildman–Crippen MR) is 63.1 cm³/mol. The molecular weight excluding hydrogens is 256 g/mol. The van der Waals surface area contributed by atoms with Gasteiger partial charge in [0.2, 0.25) is 0 Å². The van der Waals surface area contributed by atoms with E-state index in [9.17, 15) is 18.0 Å². The van der Waals surface area contributed by atoms with E-state index in [0.29, 0.717) is 4.31 Å². The Bertz CT molecular complexity index is 607. The molecule has 0 aromatic heterocycles. The van der Waals surface area contributed by atoms with Crippen molar-refractivity contribution < 1.29 is 18.0 Å². The second-order valence-corrected chi connectivity index (χ2v) is 6.19. The van der Waals surface area contributed by atoms with Gasteiger partial charge in [0.1, 0.15) is 5.54 Å². The molecule has 3 amide bonds. The molecule has 1 aliphatic rings. The summed E-state index contributed by atoms with van der Waals surface area (Å²) in [5.74, 6) is -0.632. The number of sulfonamides is 1. The van der Waals surface area contributed by atoms with Gasteiger partial charge in [-0.05, 0) is 26.0 Å². The van der Waals surface area contributed by atoms with Crippen LogP contribution < -0.4 is 5.32 Å². The third-order valence-electron chi connectivity index (χ3n) is 2.75. The first-order valence-electron chi connectivity index (χ1n) is 5.24. The van der Waals surface area contributed by atoms with Crippen molar-refractivity contribution in [2.45, 2.75) is 24.3 Å². The zero-order chi connectivity index (χ0) is 13.6. The topological polar surface area (TPSA) is 83.6 Å². The van der Waals surface area contributed by atoms with Gasteiger partial charge in [0, 0.05) is 0 Å². The van der Waals surface area contributed by atoms with Crippen molar-refractivity contribution >= 4 is 22.0 Å². The maximum Gasteiger partial charge on any atom is 0.339 e. The third kappa shape index (κ3) is 1.67. The Labute approximate surface area is 105 Å². The van der Waals surface area contributed by atoms with E-state index < -0.39 is 27.5 Å². The second kappa shape index (κ2) is 3.81. The van der Waals surface area contributed by atoms with E-state index in [4.69, 9.17) is 0 Å². The fraction of sp³-hybridized carbons (Fsp3) is 0.273. The molecule has 0 aliphatic carbocycles. The number of nitrogens with zero attached hydrogens (tertiary/aromatic N) is 1. The van der Waals surface area contributed by atoms with Gasteiger partial charge < -0.3 is 0 Å². The SMILES string of the molecule is CC1(C)C(=O)NC(=O)N1S(=O)(=O)c1ccccc1. The van der Waals surface area contributed by atoms with Crippen LogP contribution in [0.4, 0.5) is 4.79 Å².